The summed E-state index contributed by atoms with van der Waals surface area (Å²) in [5.74, 6) is 0.0219. The Hall–Kier alpha value is -1.10. The van der Waals surface area contributed by atoms with Crippen LogP contribution in [0.15, 0.2) is 30.3 Å². The zero-order chi connectivity index (χ0) is 13.1. The van der Waals surface area contributed by atoms with Crippen molar-refractivity contribution in [3.63, 3.8) is 0 Å². The molecule has 0 unspecified atom stereocenters. The van der Waals surface area contributed by atoms with Crippen molar-refractivity contribution in [2.45, 2.75) is 30.9 Å². The maximum atomic E-state index is 12.1. The Kier molecular flexibility index (Phi) is 5.02. The van der Waals surface area contributed by atoms with Crippen LogP contribution in [0.25, 0.3) is 0 Å². The van der Waals surface area contributed by atoms with E-state index in [0.29, 0.717) is 0 Å². The van der Waals surface area contributed by atoms with Gasteiger partial charge < -0.3 is 15.4 Å². The van der Waals surface area contributed by atoms with Crippen molar-refractivity contribution in [2.24, 2.45) is 0 Å². The Morgan fingerprint density at radius 1 is 1.35 bits per heavy atom. The molecule has 1 spiro atoms. The molecule has 3 rings (SSSR count). The van der Waals surface area contributed by atoms with Crippen LogP contribution in [0.1, 0.15) is 29.6 Å². The van der Waals surface area contributed by atoms with Crippen LogP contribution in [0.3, 0.4) is 0 Å². The van der Waals surface area contributed by atoms with Crippen molar-refractivity contribution in [3.8, 4) is 0 Å². The van der Waals surface area contributed by atoms with E-state index in [-0.39, 0.29) is 30.0 Å². The van der Waals surface area contributed by atoms with Crippen molar-refractivity contribution in [3.05, 3.63) is 35.9 Å². The first-order valence-electron chi connectivity index (χ1n) is 6.98. The van der Waals surface area contributed by atoms with Gasteiger partial charge in [-0.3, -0.25) is 4.79 Å². The quantitative estimate of drug-likeness (QED) is 0.874. The Labute approximate surface area is 125 Å². The van der Waals surface area contributed by atoms with Gasteiger partial charge in [0.05, 0.1) is 5.60 Å². The molecule has 2 aliphatic heterocycles. The number of hydrogen-bond acceptors (Lipinski definition) is 3. The van der Waals surface area contributed by atoms with Gasteiger partial charge in [-0.25, -0.2) is 0 Å². The molecule has 1 amide bonds. The number of hydrogen-bond donors (Lipinski definition) is 2. The summed E-state index contributed by atoms with van der Waals surface area (Å²) in [6.45, 7) is 2.66. The highest BCUT2D eigenvalue weighted by Crippen LogP contribution is 2.30. The second-order valence-electron chi connectivity index (χ2n) is 5.49. The van der Waals surface area contributed by atoms with E-state index in [2.05, 4.69) is 10.6 Å². The van der Waals surface area contributed by atoms with Crippen LogP contribution in [-0.2, 0) is 4.74 Å². The van der Waals surface area contributed by atoms with Crippen LogP contribution in [0.4, 0.5) is 0 Å². The third-order valence-corrected chi connectivity index (χ3v) is 4.07. The predicted octanol–water partition coefficient (Wildman–Crippen LogP) is 1.75. The van der Waals surface area contributed by atoms with Crippen molar-refractivity contribution < 1.29 is 9.53 Å². The monoisotopic (exact) mass is 296 g/mol. The highest BCUT2D eigenvalue weighted by molar-refractivity contribution is 5.94. The van der Waals surface area contributed by atoms with Gasteiger partial charge >= 0.3 is 0 Å². The Morgan fingerprint density at radius 2 is 2.15 bits per heavy atom. The van der Waals surface area contributed by atoms with E-state index in [0.717, 1.165) is 44.5 Å². The van der Waals surface area contributed by atoms with Gasteiger partial charge in [0.2, 0.25) is 0 Å². The standard InChI is InChI=1S/C15H20N2O2.ClH/c18-14(12-4-2-1-3-5-12)17-13-6-9-19-15(10-13)7-8-16-11-15;/h1-5,13,16H,6-11H2,(H,17,18);1H/t13-,15+;/m0./s1. The molecule has 2 atom stereocenters. The first-order valence-corrected chi connectivity index (χ1v) is 6.98. The highest BCUT2D eigenvalue weighted by Gasteiger charge is 2.40. The van der Waals surface area contributed by atoms with Crippen LogP contribution in [-0.4, -0.2) is 37.2 Å². The molecule has 2 saturated heterocycles. The first-order chi connectivity index (χ1) is 9.27. The van der Waals surface area contributed by atoms with Gasteiger partial charge in [0.15, 0.2) is 0 Å². The lowest BCUT2D eigenvalue weighted by Crippen LogP contribution is -2.49. The molecule has 2 N–H and O–H groups in total. The van der Waals surface area contributed by atoms with Crippen LogP contribution >= 0.6 is 12.4 Å². The zero-order valence-electron chi connectivity index (χ0n) is 11.4. The van der Waals surface area contributed by atoms with Crippen LogP contribution in [0.2, 0.25) is 0 Å². The third-order valence-electron chi connectivity index (χ3n) is 4.07. The predicted molar refractivity (Wildman–Crippen MR) is 80.3 cm³/mol. The molecule has 110 valence electrons. The van der Waals surface area contributed by atoms with E-state index in [1.807, 2.05) is 30.3 Å². The molecule has 1 aromatic rings. The Bertz CT molecular complexity index is 446. The Morgan fingerprint density at radius 3 is 2.85 bits per heavy atom. The van der Waals surface area contributed by atoms with Crippen molar-refractivity contribution in [2.75, 3.05) is 19.7 Å². The number of benzene rings is 1. The normalized spacial score (nSPS) is 28.9. The molecule has 2 aliphatic rings. The first kappa shape index (κ1) is 15.3. The molecule has 0 aliphatic carbocycles. The van der Waals surface area contributed by atoms with Gasteiger partial charge in [-0.05, 0) is 37.9 Å². The molecule has 4 nitrogen and oxygen atoms in total. The second kappa shape index (κ2) is 6.57. The van der Waals surface area contributed by atoms with E-state index in [9.17, 15) is 4.79 Å². The van der Waals surface area contributed by atoms with Gasteiger partial charge in [0.25, 0.3) is 5.91 Å². The second-order valence-corrected chi connectivity index (χ2v) is 5.49. The summed E-state index contributed by atoms with van der Waals surface area (Å²) in [5.41, 5.74) is 0.681. The minimum atomic E-state index is -0.0487. The number of ether oxygens (including phenoxy) is 1. The summed E-state index contributed by atoms with van der Waals surface area (Å²) >= 11 is 0. The summed E-state index contributed by atoms with van der Waals surface area (Å²) in [7, 11) is 0. The lowest BCUT2D eigenvalue weighted by Gasteiger charge is -2.38. The molecular weight excluding hydrogens is 276 g/mol. The summed E-state index contributed by atoms with van der Waals surface area (Å²) in [6, 6.07) is 9.62. The van der Waals surface area contributed by atoms with Gasteiger partial charge in [-0.2, -0.15) is 0 Å². The number of rotatable bonds is 2. The molecule has 0 radical (unpaired) electrons. The minimum absolute atomic E-state index is 0. The molecule has 0 bridgehead atoms. The van der Waals surface area contributed by atoms with Crippen molar-refractivity contribution in [1.82, 2.24) is 10.6 Å². The van der Waals surface area contributed by atoms with E-state index in [1.54, 1.807) is 0 Å². The average Bonchev–Trinajstić information content (AvgIpc) is 2.88. The fourth-order valence-electron chi connectivity index (χ4n) is 3.03. The minimum Gasteiger partial charge on any atom is -0.373 e. The van der Waals surface area contributed by atoms with E-state index >= 15 is 0 Å². The molecule has 2 heterocycles. The Balaban J connectivity index is 0.00000147. The molecule has 5 heteroatoms. The van der Waals surface area contributed by atoms with Gasteiger partial charge in [0.1, 0.15) is 0 Å². The summed E-state index contributed by atoms with van der Waals surface area (Å²) in [5, 5.41) is 6.49. The smallest absolute Gasteiger partial charge is 0.251 e. The molecule has 0 saturated carbocycles. The van der Waals surface area contributed by atoms with Crippen molar-refractivity contribution >= 4 is 18.3 Å². The van der Waals surface area contributed by atoms with Crippen LogP contribution in [0.5, 0.6) is 0 Å². The van der Waals surface area contributed by atoms with Crippen LogP contribution in [0, 0.1) is 0 Å². The van der Waals surface area contributed by atoms with E-state index < -0.39 is 0 Å². The average molecular weight is 297 g/mol. The number of carbonyl (C=O) groups excluding carboxylic acids is 1. The van der Waals surface area contributed by atoms with Gasteiger partial charge in [0, 0.05) is 24.8 Å². The number of amides is 1. The number of nitrogens with one attached hydrogen (secondary N) is 2. The van der Waals surface area contributed by atoms with E-state index in [4.69, 9.17) is 4.74 Å². The fraction of sp³-hybridized carbons (Fsp3) is 0.533. The van der Waals surface area contributed by atoms with Gasteiger partial charge in [-0.1, -0.05) is 18.2 Å². The lowest BCUT2D eigenvalue weighted by molar-refractivity contribution is -0.0732. The van der Waals surface area contributed by atoms with Crippen molar-refractivity contribution in [1.29, 1.82) is 0 Å². The highest BCUT2D eigenvalue weighted by atomic mass is 35.5. The summed E-state index contributed by atoms with van der Waals surface area (Å²) in [4.78, 5) is 12.1. The topological polar surface area (TPSA) is 50.4 Å². The largest absolute Gasteiger partial charge is 0.373 e. The molecular formula is C15H21ClN2O2. The fourth-order valence-corrected chi connectivity index (χ4v) is 3.03. The zero-order valence-corrected chi connectivity index (χ0v) is 12.2. The van der Waals surface area contributed by atoms with E-state index in [1.165, 1.54) is 0 Å². The molecule has 20 heavy (non-hydrogen) atoms. The summed E-state index contributed by atoms with van der Waals surface area (Å²) < 4.78 is 5.93. The molecule has 1 aromatic carbocycles. The number of carbonyl (C=O) groups is 1. The number of halogens is 1. The van der Waals surface area contributed by atoms with Crippen LogP contribution < -0.4 is 10.6 Å². The maximum Gasteiger partial charge on any atom is 0.251 e. The lowest BCUT2D eigenvalue weighted by atomic mass is 9.89. The molecule has 0 aromatic heterocycles. The maximum absolute atomic E-state index is 12.1. The summed E-state index contributed by atoms with van der Waals surface area (Å²) in [6.07, 6.45) is 2.86. The third kappa shape index (κ3) is 3.32. The molecule has 2 fully saturated rings. The van der Waals surface area contributed by atoms with Gasteiger partial charge in [-0.15, -0.1) is 12.4 Å². The SMILES string of the molecule is Cl.O=C(N[C@H]1CCO[C@]2(CCNC2)C1)c1ccccc1.